The van der Waals surface area contributed by atoms with Crippen LogP contribution in [0.1, 0.15) is 4.88 Å². The van der Waals surface area contributed by atoms with Gasteiger partial charge in [0.25, 0.3) is 0 Å². The molecule has 0 unspecified atom stereocenters. The van der Waals surface area contributed by atoms with E-state index in [0.717, 1.165) is 11.3 Å². The average molecular weight is 282 g/mol. The van der Waals surface area contributed by atoms with Crippen molar-refractivity contribution in [2.75, 3.05) is 6.61 Å². The van der Waals surface area contributed by atoms with E-state index in [9.17, 15) is 22.0 Å². The molecule has 1 aromatic heterocycles. The van der Waals surface area contributed by atoms with Crippen molar-refractivity contribution in [3.05, 3.63) is 15.5 Å². The Kier molecular flexibility index (Phi) is 4.08. The Morgan fingerprint density at radius 1 is 1.31 bits per heavy atom. The van der Waals surface area contributed by atoms with Gasteiger partial charge in [0.2, 0.25) is 0 Å². The van der Waals surface area contributed by atoms with Gasteiger partial charge in [-0.3, -0.25) is 0 Å². The van der Waals surface area contributed by atoms with Crippen molar-refractivity contribution >= 4 is 22.9 Å². The Morgan fingerprint density at radius 2 is 1.94 bits per heavy atom. The molecule has 16 heavy (non-hydrogen) atoms. The Bertz CT molecular complexity index is 353. The number of thiazole rings is 1. The lowest BCUT2D eigenvalue weighted by Gasteiger charge is -2.18. The normalized spacial score (nSPS) is 13.1. The second kappa shape index (κ2) is 4.80. The molecule has 0 atom stereocenters. The van der Waals surface area contributed by atoms with Crippen LogP contribution in [0.15, 0.2) is 6.20 Å². The minimum Gasteiger partial charge on any atom is -0.369 e. The molecule has 0 N–H and O–H groups in total. The van der Waals surface area contributed by atoms with Gasteiger partial charge in [-0.05, 0) is 0 Å². The molecule has 0 fully saturated rings. The molecule has 0 radical (unpaired) electrons. The van der Waals surface area contributed by atoms with Crippen LogP contribution in [0, 0.1) is 0 Å². The second-order valence-corrected chi connectivity index (χ2v) is 4.47. The summed E-state index contributed by atoms with van der Waals surface area (Å²) in [5.41, 5.74) is 0. The van der Waals surface area contributed by atoms with Crippen molar-refractivity contribution in [3.8, 4) is 0 Å². The van der Waals surface area contributed by atoms with E-state index < -0.39 is 18.7 Å². The minimum absolute atomic E-state index is 0.168. The molecule has 1 heterocycles. The van der Waals surface area contributed by atoms with Crippen LogP contribution in [0.25, 0.3) is 0 Å². The third-order valence-corrected chi connectivity index (χ3v) is 2.56. The molecule has 0 amide bonds. The predicted molar refractivity (Wildman–Crippen MR) is 47.8 cm³/mol. The summed E-state index contributed by atoms with van der Waals surface area (Å²) in [7, 11) is 0. The fraction of sp³-hybridized carbons (Fsp3) is 0.571. The summed E-state index contributed by atoms with van der Waals surface area (Å²) in [5, 5.41) is 0. The zero-order valence-electron chi connectivity index (χ0n) is 7.52. The van der Waals surface area contributed by atoms with Crippen molar-refractivity contribution in [1.29, 1.82) is 0 Å². The van der Waals surface area contributed by atoms with Gasteiger partial charge in [0.05, 0.1) is 11.5 Å². The quantitative estimate of drug-likeness (QED) is 0.788. The molecule has 1 rings (SSSR count). The number of alkyl halides is 5. The van der Waals surface area contributed by atoms with Gasteiger partial charge in [-0.15, -0.1) is 11.3 Å². The highest BCUT2D eigenvalue weighted by Gasteiger charge is 2.57. The van der Waals surface area contributed by atoms with Gasteiger partial charge in [0.15, 0.2) is 4.47 Å². The topological polar surface area (TPSA) is 22.1 Å². The van der Waals surface area contributed by atoms with Gasteiger partial charge in [0.1, 0.15) is 6.61 Å². The second-order valence-electron chi connectivity index (χ2n) is 2.77. The van der Waals surface area contributed by atoms with Crippen molar-refractivity contribution in [2.24, 2.45) is 0 Å². The Balaban J connectivity index is 2.41. The van der Waals surface area contributed by atoms with E-state index in [1.807, 2.05) is 0 Å². The summed E-state index contributed by atoms with van der Waals surface area (Å²) in [6.07, 6.45) is -4.35. The number of halogens is 6. The number of hydrogen-bond acceptors (Lipinski definition) is 3. The van der Waals surface area contributed by atoms with E-state index in [1.54, 1.807) is 0 Å². The van der Waals surface area contributed by atoms with Gasteiger partial charge in [-0.2, -0.15) is 22.0 Å². The van der Waals surface area contributed by atoms with Crippen LogP contribution in [-0.2, 0) is 11.3 Å². The summed E-state index contributed by atoms with van der Waals surface area (Å²) < 4.78 is 64.2. The Hall–Kier alpha value is -0.470. The minimum atomic E-state index is -5.60. The Labute approximate surface area is 96.0 Å². The maximum Gasteiger partial charge on any atom is 0.455 e. The van der Waals surface area contributed by atoms with Gasteiger partial charge in [-0.1, -0.05) is 11.6 Å². The number of nitrogens with zero attached hydrogens (tertiary/aromatic N) is 1. The van der Waals surface area contributed by atoms with Crippen molar-refractivity contribution in [3.63, 3.8) is 0 Å². The molecule has 0 aromatic carbocycles. The van der Waals surface area contributed by atoms with Crippen LogP contribution >= 0.6 is 22.9 Å². The van der Waals surface area contributed by atoms with Crippen LogP contribution in [0.5, 0.6) is 0 Å². The van der Waals surface area contributed by atoms with Gasteiger partial charge < -0.3 is 4.74 Å². The van der Waals surface area contributed by atoms with E-state index in [0.29, 0.717) is 4.88 Å². The van der Waals surface area contributed by atoms with Crippen molar-refractivity contribution in [1.82, 2.24) is 4.98 Å². The highest BCUT2D eigenvalue weighted by Crippen LogP contribution is 2.35. The lowest BCUT2D eigenvalue weighted by atomic mass is 10.3. The molecule has 92 valence electrons. The molecule has 1 aromatic rings. The molecule has 0 aliphatic carbocycles. The van der Waals surface area contributed by atoms with E-state index in [4.69, 9.17) is 11.6 Å². The molecule has 0 spiro atoms. The smallest absolute Gasteiger partial charge is 0.369 e. The van der Waals surface area contributed by atoms with Gasteiger partial charge in [0, 0.05) is 6.20 Å². The molecule has 0 aliphatic rings. The molecular weight excluding hydrogens is 277 g/mol. The first-order valence-corrected chi connectivity index (χ1v) is 5.04. The molecular formula is C7H5ClF5NOS. The maximum atomic E-state index is 12.4. The largest absolute Gasteiger partial charge is 0.455 e. The van der Waals surface area contributed by atoms with Crippen LogP contribution in [0.2, 0.25) is 4.47 Å². The molecule has 9 heteroatoms. The third-order valence-electron chi connectivity index (χ3n) is 1.47. The molecule has 0 bridgehead atoms. The summed E-state index contributed by atoms with van der Waals surface area (Å²) >= 11 is 6.37. The fourth-order valence-corrected chi connectivity index (χ4v) is 1.63. The molecule has 2 nitrogen and oxygen atoms in total. The number of aromatic nitrogens is 1. The van der Waals surface area contributed by atoms with E-state index in [2.05, 4.69) is 9.72 Å². The molecule has 0 saturated heterocycles. The fourth-order valence-electron chi connectivity index (χ4n) is 0.712. The van der Waals surface area contributed by atoms with Crippen LogP contribution in [0.4, 0.5) is 22.0 Å². The van der Waals surface area contributed by atoms with Crippen LogP contribution in [0.3, 0.4) is 0 Å². The van der Waals surface area contributed by atoms with Gasteiger partial charge >= 0.3 is 12.1 Å². The first-order valence-electron chi connectivity index (χ1n) is 3.85. The summed E-state index contributed by atoms with van der Waals surface area (Å²) in [6.45, 7) is -2.10. The third kappa shape index (κ3) is 3.53. The first kappa shape index (κ1) is 13.6. The first-order chi connectivity index (χ1) is 7.22. The summed E-state index contributed by atoms with van der Waals surface area (Å²) in [5.74, 6) is -4.85. The summed E-state index contributed by atoms with van der Waals surface area (Å²) in [6, 6.07) is 0. The molecule has 0 saturated carbocycles. The van der Waals surface area contributed by atoms with Crippen molar-refractivity contribution in [2.45, 2.75) is 18.7 Å². The Morgan fingerprint density at radius 3 is 2.38 bits per heavy atom. The van der Waals surface area contributed by atoms with E-state index in [-0.39, 0.29) is 11.1 Å². The van der Waals surface area contributed by atoms with E-state index >= 15 is 0 Å². The van der Waals surface area contributed by atoms with Crippen LogP contribution < -0.4 is 0 Å². The lowest BCUT2D eigenvalue weighted by molar-refractivity contribution is -0.297. The number of hydrogen-bond donors (Lipinski definition) is 0. The zero-order valence-corrected chi connectivity index (χ0v) is 9.10. The molecule has 0 aliphatic heterocycles. The van der Waals surface area contributed by atoms with Crippen molar-refractivity contribution < 1.29 is 26.7 Å². The monoisotopic (exact) mass is 281 g/mol. The summed E-state index contributed by atoms with van der Waals surface area (Å²) in [4.78, 5) is 3.95. The highest BCUT2D eigenvalue weighted by molar-refractivity contribution is 7.15. The standard InChI is InChI=1S/C7H5ClF5NOS/c8-5-14-1-4(16-5)2-15-3-6(9,10)7(11,12)13/h1H,2-3H2. The average Bonchev–Trinajstić information content (AvgIpc) is 2.49. The highest BCUT2D eigenvalue weighted by atomic mass is 35.5. The van der Waals surface area contributed by atoms with E-state index in [1.165, 1.54) is 6.20 Å². The SMILES string of the molecule is FC(F)(F)C(F)(F)COCc1cnc(Cl)s1. The zero-order chi connectivity index (χ0) is 12.4. The number of rotatable bonds is 4. The van der Waals surface area contributed by atoms with Crippen LogP contribution in [-0.4, -0.2) is 23.7 Å². The maximum absolute atomic E-state index is 12.4. The van der Waals surface area contributed by atoms with Gasteiger partial charge in [-0.25, -0.2) is 4.98 Å². The lowest BCUT2D eigenvalue weighted by Crippen LogP contribution is -2.40. The predicted octanol–water partition coefficient (Wildman–Crippen LogP) is 3.51. The number of ether oxygens (including phenoxy) is 1.